The number of alkyl halides is 4. The molecule has 18 heavy (non-hydrogen) atoms. The van der Waals surface area contributed by atoms with E-state index in [1.165, 1.54) is 0 Å². The number of carbonyl (C=O) groups is 1. The van der Waals surface area contributed by atoms with Crippen molar-refractivity contribution in [1.82, 2.24) is 5.32 Å². The Morgan fingerprint density at radius 2 is 1.83 bits per heavy atom. The minimum atomic E-state index is -4.16. The Labute approximate surface area is 103 Å². The van der Waals surface area contributed by atoms with Crippen LogP contribution < -0.4 is 11.1 Å². The van der Waals surface area contributed by atoms with Crippen LogP contribution in [0.4, 0.5) is 17.6 Å². The van der Waals surface area contributed by atoms with Crippen LogP contribution in [-0.4, -0.2) is 30.8 Å². The lowest BCUT2D eigenvalue weighted by Gasteiger charge is -2.25. The molecule has 0 aromatic carbocycles. The van der Waals surface area contributed by atoms with E-state index >= 15 is 0 Å². The number of halogens is 4. The van der Waals surface area contributed by atoms with Crippen LogP contribution in [0.15, 0.2) is 0 Å². The summed E-state index contributed by atoms with van der Waals surface area (Å²) in [5, 5.41) is 1.86. The van der Waals surface area contributed by atoms with Gasteiger partial charge in [0, 0.05) is 12.5 Å². The monoisotopic (exact) mass is 270 g/mol. The number of nitrogens with two attached hydrogens (primary N) is 1. The lowest BCUT2D eigenvalue weighted by Crippen LogP contribution is -2.42. The van der Waals surface area contributed by atoms with Gasteiger partial charge < -0.3 is 11.1 Å². The van der Waals surface area contributed by atoms with Crippen LogP contribution in [0.1, 0.15) is 32.1 Å². The summed E-state index contributed by atoms with van der Waals surface area (Å²) < 4.78 is 48.8. The summed E-state index contributed by atoms with van der Waals surface area (Å²) in [5.41, 5.74) is 5.69. The second-order valence-corrected chi connectivity index (χ2v) is 4.82. The molecule has 1 rings (SSSR count). The molecule has 1 fully saturated rings. The van der Waals surface area contributed by atoms with Gasteiger partial charge in [-0.1, -0.05) is 0 Å². The molecule has 3 nitrogen and oxygen atoms in total. The lowest BCUT2D eigenvalue weighted by atomic mass is 9.84. The predicted octanol–water partition coefficient (Wildman–Crippen LogP) is 1.91. The second kappa shape index (κ2) is 6.36. The lowest BCUT2D eigenvalue weighted by molar-refractivity contribution is -0.137. The first kappa shape index (κ1) is 15.2. The van der Waals surface area contributed by atoms with Crippen molar-refractivity contribution in [1.29, 1.82) is 0 Å². The van der Waals surface area contributed by atoms with Gasteiger partial charge >= 0.3 is 12.3 Å². The zero-order chi connectivity index (χ0) is 13.8. The zero-order valence-electron chi connectivity index (χ0n) is 9.97. The van der Waals surface area contributed by atoms with Crippen LogP contribution in [0, 0.1) is 5.92 Å². The Bertz CT molecular complexity index is 278. The molecule has 1 saturated carbocycles. The summed E-state index contributed by atoms with van der Waals surface area (Å²) in [6.45, 7) is -1.31. The first-order chi connectivity index (χ1) is 8.31. The van der Waals surface area contributed by atoms with Gasteiger partial charge in [-0.15, -0.1) is 0 Å². The van der Waals surface area contributed by atoms with Crippen molar-refractivity contribution < 1.29 is 22.4 Å². The normalized spacial score (nSPS) is 25.2. The average Bonchev–Trinajstić information content (AvgIpc) is 2.29. The molecule has 0 atom stereocenters. The van der Waals surface area contributed by atoms with Gasteiger partial charge in [0.1, 0.15) is 0 Å². The van der Waals surface area contributed by atoms with Crippen LogP contribution >= 0.6 is 0 Å². The van der Waals surface area contributed by atoms with E-state index in [2.05, 4.69) is 0 Å². The van der Waals surface area contributed by atoms with Crippen LogP contribution in [0.2, 0.25) is 0 Å². The summed E-state index contributed by atoms with van der Waals surface area (Å²) in [7, 11) is 0. The first-order valence-corrected chi connectivity index (χ1v) is 5.99. The third-order valence-electron chi connectivity index (χ3n) is 3.21. The van der Waals surface area contributed by atoms with Crippen molar-refractivity contribution in [2.75, 3.05) is 6.54 Å². The van der Waals surface area contributed by atoms with Crippen molar-refractivity contribution in [3.8, 4) is 0 Å². The van der Waals surface area contributed by atoms with Crippen LogP contribution in [0.5, 0.6) is 0 Å². The SMILES string of the molecule is NC1CCC(CC(=O)NCC(F)(F)C(F)F)CC1. The maximum absolute atomic E-state index is 12.6. The number of amides is 1. The fourth-order valence-corrected chi connectivity index (χ4v) is 2.02. The Balaban J connectivity index is 2.26. The largest absolute Gasteiger partial charge is 0.350 e. The minimum absolute atomic E-state index is 0.103. The molecule has 0 radical (unpaired) electrons. The summed E-state index contributed by atoms with van der Waals surface area (Å²) in [6.07, 6.45) is -0.479. The van der Waals surface area contributed by atoms with Gasteiger partial charge in [-0.05, 0) is 31.6 Å². The highest BCUT2D eigenvalue weighted by Crippen LogP contribution is 2.26. The molecule has 3 N–H and O–H groups in total. The number of hydrogen-bond donors (Lipinski definition) is 2. The van der Waals surface area contributed by atoms with E-state index in [4.69, 9.17) is 5.73 Å². The van der Waals surface area contributed by atoms with E-state index in [0.29, 0.717) is 0 Å². The topological polar surface area (TPSA) is 55.1 Å². The molecule has 0 saturated heterocycles. The Morgan fingerprint density at radius 3 is 2.33 bits per heavy atom. The van der Waals surface area contributed by atoms with E-state index < -0.39 is 24.8 Å². The summed E-state index contributed by atoms with van der Waals surface area (Å²) >= 11 is 0. The molecule has 0 bridgehead atoms. The fourth-order valence-electron chi connectivity index (χ4n) is 2.02. The molecule has 0 spiro atoms. The molecular formula is C11H18F4N2O. The van der Waals surface area contributed by atoms with Crippen LogP contribution in [0.25, 0.3) is 0 Å². The molecule has 0 aliphatic heterocycles. The quantitative estimate of drug-likeness (QED) is 0.750. The molecular weight excluding hydrogens is 252 g/mol. The number of rotatable bonds is 5. The van der Waals surface area contributed by atoms with Gasteiger partial charge in [0.15, 0.2) is 0 Å². The molecule has 106 valence electrons. The van der Waals surface area contributed by atoms with Crippen LogP contribution in [-0.2, 0) is 4.79 Å². The molecule has 1 aliphatic carbocycles. The van der Waals surface area contributed by atoms with Gasteiger partial charge in [-0.3, -0.25) is 4.79 Å². The smallest absolute Gasteiger partial charge is 0.324 e. The van der Waals surface area contributed by atoms with Crippen LogP contribution in [0.3, 0.4) is 0 Å². The van der Waals surface area contributed by atoms with Crippen molar-refractivity contribution in [3.63, 3.8) is 0 Å². The minimum Gasteiger partial charge on any atom is -0.350 e. The molecule has 0 unspecified atom stereocenters. The highest BCUT2D eigenvalue weighted by Gasteiger charge is 2.40. The third kappa shape index (κ3) is 4.80. The Hall–Kier alpha value is -0.850. The highest BCUT2D eigenvalue weighted by atomic mass is 19.3. The molecule has 7 heteroatoms. The average molecular weight is 270 g/mol. The predicted molar refractivity (Wildman–Crippen MR) is 58.5 cm³/mol. The summed E-state index contributed by atoms with van der Waals surface area (Å²) in [6, 6.07) is 0.146. The maximum Gasteiger partial charge on any atom is 0.324 e. The number of carbonyl (C=O) groups excluding carboxylic acids is 1. The van der Waals surface area contributed by atoms with Crippen molar-refractivity contribution in [3.05, 3.63) is 0 Å². The van der Waals surface area contributed by atoms with E-state index in [0.717, 1.165) is 25.7 Å². The van der Waals surface area contributed by atoms with Gasteiger partial charge in [0.2, 0.25) is 5.91 Å². The van der Waals surface area contributed by atoms with Crippen molar-refractivity contribution in [2.24, 2.45) is 11.7 Å². The van der Waals surface area contributed by atoms with Gasteiger partial charge in [-0.25, -0.2) is 8.78 Å². The fraction of sp³-hybridized carbons (Fsp3) is 0.909. The molecule has 1 amide bonds. The van der Waals surface area contributed by atoms with Gasteiger partial charge in [0.25, 0.3) is 0 Å². The van der Waals surface area contributed by atoms with E-state index in [1.807, 2.05) is 5.32 Å². The maximum atomic E-state index is 12.6. The standard InChI is InChI=1S/C11H18F4N2O/c12-10(13)11(14,15)6-17-9(18)5-7-1-3-8(16)4-2-7/h7-8,10H,1-6,16H2,(H,17,18). The van der Waals surface area contributed by atoms with E-state index in [9.17, 15) is 22.4 Å². The summed E-state index contributed by atoms with van der Waals surface area (Å²) in [4.78, 5) is 11.3. The number of nitrogens with one attached hydrogen (secondary N) is 1. The highest BCUT2D eigenvalue weighted by molar-refractivity contribution is 5.76. The van der Waals surface area contributed by atoms with Crippen molar-refractivity contribution >= 4 is 5.91 Å². The van der Waals surface area contributed by atoms with Gasteiger partial charge in [-0.2, -0.15) is 8.78 Å². The Morgan fingerprint density at radius 1 is 1.28 bits per heavy atom. The Kier molecular flexibility index (Phi) is 5.37. The summed E-state index contributed by atoms with van der Waals surface area (Å²) in [5.74, 6) is -4.65. The second-order valence-electron chi connectivity index (χ2n) is 4.82. The van der Waals surface area contributed by atoms with Gasteiger partial charge in [0.05, 0.1) is 6.54 Å². The van der Waals surface area contributed by atoms with E-state index in [-0.39, 0.29) is 18.4 Å². The number of hydrogen-bond acceptors (Lipinski definition) is 2. The molecule has 1 aliphatic rings. The van der Waals surface area contributed by atoms with Crippen molar-refractivity contribution in [2.45, 2.75) is 50.5 Å². The van der Waals surface area contributed by atoms with E-state index in [1.54, 1.807) is 0 Å². The molecule has 0 heterocycles. The zero-order valence-corrected chi connectivity index (χ0v) is 9.97. The third-order valence-corrected chi connectivity index (χ3v) is 3.21. The molecule has 0 aromatic heterocycles. The first-order valence-electron chi connectivity index (χ1n) is 5.99. The molecule has 0 aromatic rings.